The molecule has 0 saturated carbocycles. The van der Waals surface area contributed by atoms with Crippen LogP contribution in [0, 0.1) is 5.82 Å². The third kappa shape index (κ3) is 4.96. The van der Waals surface area contributed by atoms with Crippen LogP contribution in [-0.2, 0) is 5.41 Å². The first-order valence-electron chi connectivity index (χ1n) is 14.4. The maximum Gasteiger partial charge on any atom is 0.199 e. The van der Waals surface area contributed by atoms with Crippen molar-refractivity contribution < 1.29 is 14.0 Å². The number of rotatable bonds is 2. The summed E-state index contributed by atoms with van der Waals surface area (Å²) in [6.07, 6.45) is 3.29. The van der Waals surface area contributed by atoms with E-state index >= 15 is 0 Å². The van der Waals surface area contributed by atoms with Crippen LogP contribution in [0.3, 0.4) is 0 Å². The minimum atomic E-state index is -0.556. The molecule has 1 heterocycles. The number of anilines is 3. The van der Waals surface area contributed by atoms with E-state index in [4.69, 9.17) is 46.4 Å². The van der Waals surface area contributed by atoms with Crippen LogP contribution in [0.5, 0.6) is 0 Å². The zero-order chi connectivity index (χ0) is 33.1. The second-order valence-corrected chi connectivity index (χ2v) is 13.0. The lowest BCUT2D eigenvalue weighted by atomic mass is 9.71. The topological polar surface area (TPSA) is 37.4 Å². The summed E-state index contributed by atoms with van der Waals surface area (Å²) < 4.78 is 14.4. The molecule has 8 heteroatoms. The largest absolute Gasteiger partial charge is 0.310 e. The van der Waals surface area contributed by atoms with Crippen LogP contribution in [0.15, 0.2) is 97.1 Å². The quantitative estimate of drug-likeness (QED) is 0.0609. The van der Waals surface area contributed by atoms with Gasteiger partial charge in [-0.1, -0.05) is 109 Å². The molecule has 5 aromatic rings. The second-order valence-electron chi connectivity index (χ2n) is 11.5. The van der Waals surface area contributed by atoms with Crippen molar-refractivity contribution in [3.63, 3.8) is 0 Å². The minimum absolute atomic E-state index is 0.0370. The van der Waals surface area contributed by atoms with Gasteiger partial charge >= 0.3 is 0 Å². The van der Waals surface area contributed by atoms with E-state index in [1.807, 2.05) is 55.5 Å². The van der Waals surface area contributed by atoms with E-state index in [1.165, 1.54) is 18.2 Å². The standard InChI is InChI=1S/C35H20Cl4FNO2.C3H6/c1-35(2)23-8-3-4-9-24(23)41(20-7-5-6-19(40)16-20)25-13-11-18-14-17(10-12-21(18)28(25)35)15-22-33(42)26-27(34(22)43)30(37)32(39)31(38)29(26)36;1-3-2/h3-16H,1-2H3;3H,1H2,2H3. The zero-order valence-corrected chi connectivity index (χ0v) is 28.0. The molecule has 230 valence electrons. The van der Waals surface area contributed by atoms with Gasteiger partial charge < -0.3 is 4.90 Å². The van der Waals surface area contributed by atoms with Gasteiger partial charge in [0.15, 0.2) is 11.6 Å². The Balaban J connectivity index is 0.00000119. The van der Waals surface area contributed by atoms with Crippen LogP contribution in [0.25, 0.3) is 16.8 Å². The molecular weight excluding hydrogens is 663 g/mol. The predicted molar refractivity (Wildman–Crippen MR) is 190 cm³/mol. The number of carbonyl (C=O) groups is 2. The molecule has 0 unspecified atom stereocenters. The number of nitrogens with zero attached hydrogens (tertiary/aromatic N) is 1. The van der Waals surface area contributed by atoms with E-state index in [0.29, 0.717) is 5.56 Å². The SMILES string of the molecule is C=CC.CC1(C)c2ccccc2N(c2cccc(F)c2)c2ccc3cc(C=C4C(=O)c5c(Cl)c(Cl)c(Cl)c(Cl)c5C4=O)ccc3c21. The van der Waals surface area contributed by atoms with E-state index in [0.717, 1.165) is 39.0 Å². The molecule has 46 heavy (non-hydrogen) atoms. The molecular formula is C38H26Cl4FNO2. The predicted octanol–water partition coefficient (Wildman–Crippen LogP) is 12.4. The number of allylic oxidation sites excluding steroid dienone is 2. The molecule has 2 aliphatic rings. The van der Waals surface area contributed by atoms with Crippen molar-refractivity contribution >= 4 is 91.9 Å². The Kier molecular flexibility index (Phi) is 8.37. The average Bonchev–Trinajstić information content (AvgIpc) is 3.28. The monoisotopic (exact) mass is 687 g/mol. The summed E-state index contributed by atoms with van der Waals surface area (Å²) >= 11 is 25.0. The van der Waals surface area contributed by atoms with Crippen molar-refractivity contribution in [2.24, 2.45) is 0 Å². The summed E-state index contributed by atoms with van der Waals surface area (Å²) in [4.78, 5) is 28.8. The first kappa shape index (κ1) is 32.0. The first-order valence-corrected chi connectivity index (χ1v) is 15.9. The van der Waals surface area contributed by atoms with Gasteiger partial charge in [0.05, 0.1) is 48.2 Å². The van der Waals surface area contributed by atoms with E-state index in [2.05, 4.69) is 37.5 Å². The number of benzene rings is 5. The number of fused-ring (bicyclic) bond motifs is 5. The number of halogens is 5. The third-order valence-electron chi connectivity index (χ3n) is 8.29. The summed E-state index contributed by atoms with van der Waals surface area (Å²) in [7, 11) is 0. The Morgan fingerprint density at radius 1 is 0.761 bits per heavy atom. The van der Waals surface area contributed by atoms with Crippen LogP contribution in [0.2, 0.25) is 20.1 Å². The molecule has 1 aliphatic heterocycles. The molecule has 7 rings (SSSR count). The average molecular weight is 689 g/mol. The number of Topliss-reactive ketones (excluding diaryl/α,β-unsaturated/α-hetero) is 2. The molecule has 5 aromatic carbocycles. The van der Waals surface area contributed by atoms with Gasteiger partial charge in [-0.2, -0.15) is 0 Å². The fraction of sp³-hybridized carbons (Fsp3) is 0.105. The lowest BCUT2D eigenvalue weighted by Crippen LogP contribution is -2.30. The summed E-state index contributed by atoms with van der Waals surface area (Å²) in [6.45, 7) is 9.61. The molecule has 0 amide bonds. The lowest BCUT2D eigenvalue weighted by Gasteiger charge is -2.42. The van der Waals surface area contributed by atoms with Gasteiger partial charge in [-0.15, -0.1) is 6.58 Å². The first-order chi connectivity index (χ1) is 21.9. The summed E-state index contributed by atoms with van der Waals surface area (Å²) in [5, 5.41) is 1.59. The summed E-state index contributed by atoms with van der Waals surface area (Å²) in [5.74, 6) is -1.43. The number of carbonyl (C=O) groups excluding carboxylic acids is 2. The minimum Gasteiger partial charge on any atom is -0.310 e. The Morgan fingerprint density at radius 3 is 2.02 bits per heavy atom. The number of hydrogen-bond donors (Lipinski definition) is 0. The molecule has 0 saturated heterocycles. The number of para-hydroxylation sites is 1. The number of hydrogen-bond acceptors (Lipinski definition) is 3. The van der Waals surface area contributed by atoms with Gasteiger partial charge in [0, 0.05) is 11.1 Å². The van der Waals surface area contributed by atoms with E-state index in [9.17, 15) is 14.0 Å². The van der Waals surface area contributed by atoms with Crippen LogP contribution in [0.4, 0.5) is 21.5 Å². The summed E-state index contributed by atoms with van der Waals surface area (Å²) in [5.41, 5.74) is 4.96. The zero-order valence-electron chi connectivity index (χ0n) is 25.0. The molecule has 1 aliphatic carbocycles. The Morgan fingerprint density at radius 2 is 1.39 bits per heavy atom. The Bertz CT molecular complexity index is 2120. The van der Waals surface area contributed by atoms with Crippen LogP contribution in [-0.4, -0.2) is 11.6 Å². The van der Waals surface area contributed by atoms with Crippen LogP contribution >= 0.6 is 46.4 Å². The number of ketones is 2. The lowest BCUT2D eigenvalue weighted by molar-refractivity contribution is 0.0990. The molecule has 0 aromatic heterocycles. The Hall–Kier alpha value is -3.93. The van der Waals surface area contributed by atoms with E-state index in [-0.39, 0.29) is 48.0 Å². The highest BCUT2D eigenvalue weighted by Crippen LogP contribution is 2.54. The van der Waals surface area contributed by atoms with Gasteiger partial charge in [-0.05, 0) is 76.9 Å². The van der Waals surface area contributed by atoms with Crippen molar-refractivity contribution in [1.82, 2.24) is 0 Å². The van der Waals surface area contributed by atoms with Gasteiger partial charge in [0.25, 0.3) is 0 Å². The molecule has 0 fully saturated rings. The molecule has 3 nitrogen and oxygen atoms in total. The molecule has 0 atom stereocenters. The Labute approximate surface area is 286 Å². The molecule has 0 N–H and O–H groups in total. The second kappa shape index (κ2) is 12.0. The summed E-state index contributed by atoms with van der Waals surface area (Å²) in [6, 6.07) is 24.5. The van der Waals surface area contributed by atoms with Gasteiger partial charge in [-0.3, -0.25) is 9.59 Å². The van der Waals surface area contributed by atoms with Crippen LogP contribution in [0.1, 0.15) is 58.2 Å². The normalized spacial score (nSPS) is 14.3. The van der Waals surface area contributed by atoms with Crippen molar-refractivity contribution in [2.45, 2.75) is 26.2 Å². The fourth-order valence-corrected chi connectivity index (χ4v) is 7.38. The van der Waals surface area contributed by atoms with Gasteiger partial charge in [-0.25, -0.2) is 4.39 Å². The molecule has 0 bridgehead atoms. The van der Waals surface area contributed by atoms with Gasteiger partial charge in [0.1, 0.15) is 5.82 Å². The van der Waals surface area contributed by atoms with E-state index < -0.39 is 11.6 Å². The molecule has 0 spiro atoms. The maximum atomic E-state index is 14.4. The highest BCUT2D eigenvalue weighted by molar-refractivity contribution is 6.57. The van der Waals surface area contributed by atoms with Crippen molar-refractivity contribution in [2.75, 3.05) is 4.90 Å². The van der Waals surface area contributed by atoms with Crippen molar-refractivity contribution in [3.8, 4) is 0 Å². The van der Waals surface area contributed by atoms with E-state index in [1.54, 1.807) is 12.1 Å². The third-order valence-corrected chi connectivity index (χ3v) is 10.1. The highest BCUT2D eigenvalue weighted by Gasteiger charge is 2.40. The smallest absolute Gasteiger partial charge is 0.199 e. The fourth-order valence-electron chi connectivity index (χ4n) is 6.35. The van der Waals surface area contributed by atoms with Crippen molar-refractivity contribution in [1.29, 1.82) is 0 Å². The maximum absolute atomic E-state index is 14.4. The van der Waals surface area contributed by atoms with Gasteiger partial charge in [0.2, 0.25) is 0 Å². The van der Waals surface area contributed by atoms with Crippen LogP contribution < -0.4 is 4.90 Å². The molecule has 0 radical (unpaired) electrons. The van der Waals surface area contributed by atoms with Crippen molar-refractivity contribution in [3.05, 3.63) is 151 Å². The highest BCUT2D eigenvalue weighted by atomic mass is 35.5.